The van der Waals surface area contributed by atoms with Crippen LogP contribution in [0.3, 0.4) is 0 Å². The third-order valence-corrected chi connectivity index (χ3v) is 3.76. The molecule has 0 saturated carbocycles. The maximum absolute atomic E-state index is 12.4. The number of hydrogen-bond acceptors (Lipinski definition) is 4. The summed E-state index contributed by atoms with van der Waals surface area (Å²) in [7, 11) is 0. The highest BCUT2D eigenvalue weighted by atomic mass is 16.5. The number of rotatable bonds is 6. The van der Waals surface area contributed by atoms with Crippen molar-refractivity contribution in [3.63, 3.8) is 0 Å². The molecular formula is C20H22N2O4. The molecule has 2 aromatic rings. The highest BCUT2D eigenvalue weighted by molar-refractivity contribution is 5.97. The molecule has 6 nitrogen and oxygen atoms in total. The average molecular weight is 354 g/mol. The van der Waals surface area contributed by atoms with Gasteiger partial charge in [0.1, 0.15) is 0 Å². The Kier molecular flexibility index (Phi) is 6.91. The molecule has 3 amide bonds. The molecule has 1 atom stereocenters. The van der Waals surface area contributed by atoms with Crippen molar-refractivity contribution in [1.82, 2.24) is 10.6 Å². The number of imide groups is 1. The molecule has 136 valence electrons. The Balaban J connectivity index is 2.13. The number of urea groups is 1. The van der Waals surface area contributed by atoms with Gasteiger partial charge in [-0.25, -0.2) is 4.79 Å². The van der Waals surface area contributed by atoms with Gasteiger partial charge in [0.25, 0.3) is 5.91 Å². The molecular weight excluding hydrogens is 332 g/mol. The fourth-order valence-corrected chi connectivity index (χ4v) is 2.42. The normalized spacial score (nSPS) is 11.3. The zero-order valence-electron chi connectivity index (χ0n) is 14.8. The Hall–Kier alpha value is -3.15. The van der Waals surface area contributed by atoms with Crippen LogP contribution >= 0.6 is 0 Å². The summed E-state index contributed by atoms with van der Waals surface area (Å²) in [5.41, 5.74) is 2.29. The van der Waals surface area contributed by atoms with Gasteiger partial charge in [0.2, 0.25) is 6.10 Å². The second kappa shape index (κ2) is 9.36. The van der Waals surface area contributed by atoms with Crippen LogP contribution < -0.4 is 10.6 Å². The summed E-state index contributed by atoms with van der Waals surface area (Å²) >= 11 is 0. The van der Waals surface area contributed by atoms with Gasteiger partial charge >= 0.3 is 12.0 Å². The quantitative estimate of drug-likeness (QED) is 0.781. The van der Waals surface area contributed by atoms with Crippen molar-refractivity contribution in [3.8, 4) is 0 Å². The minimum atomic E-state index is -1.20. The lowest BCUT2D eigenvalue weighted by molar-refractivity contribution is -0.155. The van der Waals surface area contributed by atoms with Gasteiger partial charge in [-0.05, 0) is 25.0 Å². The van der Waals surface area contributed by atoms with Crippen molar-refractivity contribution >= 4 is 17.9 Å². The van der Waals surface area contributed by atoms with E-state index in [4.69, 9.17) is 4.74 Å². The molecule has 2 N–H and O–H groups in total. The zero-order valence-corrected chi connectivity index (χ0v) is 14.8. The van der Waals surface area contributed by atoms with Gasteiger partial charge in [0.05, 0.1) is 6.42 Å². The number of aryl methyl sites for hydroxylation is 1. The van der Waals surface area contributed by atoms with Crippen LogP contribution in [-0.4, -0.2) is 24.5 Å². The lowest BCUT2D eigenvalue weighted by Crippen LogP contribution is -2.42. The van der Waals surface area contributed by atoms with E-state index in [2.05, 4.69) is 10.6 Å². The number of hydrogen-bond donors (Lipinski definition) is 2. The van der Waals surface area contributed by atoms with Gasteiger partial charge in [-0.1, -0.05) is 54.6 Å². The van der Waals surface area contributed by atoms with Gasteiger partial charge in [-0.2, -0.15) is 0 Å². The SMILES string of the molecule is CCNC(=O)NC(=O)C(OC(=O)Cc1ccccc1C)c1ccccc1. The van der Waals surface area contributed by atoms with Gasteiger partial charge in [0.15, 0.2) is 0 Å². The number of carbonyl (C=O) groups is 3. The number of ether oxygens (including phenoxy) is 1. The molecule has 0 spiro atoms. The Morgan fingerprint density at radius 3 is 2.31 bits per heavy atom. The summed E-state index contributed by atoms with van der Waals surface area (Å²) in [6, 6.07) is 15.4. The largest absolute Gasteiger partial charge is 0.447 e. The first-order valence-electron chi connectivity index (χ1n) is 8.39. The summed E-state index contributed by atoms with van der Waals surface area (Å²) in [5.74, 6) is -1.24. The van der Waals surface area contributed by atoms with Crippen LogP contribution in [-0.2, 0) is 20.7 Å². The van der Waals surface area contributed by atoms with Crippen LogP contribution in [0.25, 0.3) is 0 Å². The van der Waals surface area contributed by atoms with Gasteiger partial charge in [-0.15, -0.1) is 0 Å². The smallest absolute Gasteiger partial charge is 0.321 e. The van der Waals surface area contributed by atoms with Gasteiger partial charge in [-0.3, -0.25) is 14.9 Å². The molecule has 2 rings (SSSR count). The number of amides is 3. The summed E-state index contributed by atoms with van der Waals surface area (Å²) in [6.07, 6.45) is -1.15. The molecule has 0 saturated heterocycles. The highest BCUT2D eigenvalue weighted by Gasteiger charge is 2.26. The minimum absolute atomic E-state index is 0.0461. The van der Waals surface area contributed by atoms with Crippen LogP contribution in [0.2, 0.25) is 0 Å². The summed E-state index contributed by atoms with van der Waals surface area (Å²) in [6.45, 7) is 4.02. The molecule has 2 aromatic carbocycles. The van der Waals surface area contributed by atoms with E-state index in [0.717, 1.165) is 11.1 Å². The van der Waals surface area contributed by atoms with E-state index < -0.39 is 24.0 Å². The molecule has 0 aliphatic heterocycles. The van der Waals surface area contributed by atoms with E-state index in [1.165, 1.54) is 0 Å². The third kappa shape index (κ3) is 5.44. The van der Waals surface area contributed by atoms with E-state index >= 15 is 0 Å². The molecule has 0 radical (unpaired) electrons. The van der Waals surface area contributed by atoms with Crippen LogP contribution in [0.5, 0.6) is 0 Å². The van der Waals surface area contributed by atoms with Crippen molar-refractivity contribution < 1.29 is 19.1 Å². The first-order valence-corrected chi connectivity index (χ1v) is 8.39. The topological polar surface area (TPSA) is 84.5 Å². The fraction of sp³-hybridized carbons (Fsp3) is 0.250. The van der Waals surface area contributed by atoms with Crippen molar-refractivity contribution in [2.24, 2.45) is 0 Å². The number of esters is 1. The summed E-state index contributed by atoms with van der Waals surface area (Å²) in [4.78, 5) is 36.4. The third-order valence-electron chi connectivity index (χ3n) is 3.76. The van der Waals surface area contributed by atoms with Crippen molar-refractivity contribution in [2.75, 3.05) is 6.54 Å². The maximum atomic E-state index is 12.4. The van der Waals surface area contributed by atoms with Gasteiger partial charge < -0.3 is 10.1 Å². The van der Waals surface area contributed by atoms with Crippen molar-refractivity contribution in [2.45, 2.75) is 26.4 Å². The van der Waals surface area contributed by atoms with E-state index in [1.54, 1.807) is 37.3 Å². The number of carbonyl (C=O) groups excluding carboxylic acids is 3. The summed E-state index contributed by atoms with van der Waals surface area (Å²) in [5, 5.41) is 4.67. The first-order chi connectivity index (χ1) is 12.5. The maximum Gasteiger partial charge on any atom is 0.321 e. The molecule has 0 heterocycles. The first kappa shape index (κ1) is 19.2. The van der Waals surface area contributed by atoms with Crippen LogP contribution in [0.4, 0.5) is 4.79 Å². The monoisotopic (exact) mass is 354 g/mol. The Morgan fingerprint density at radius 1 is 1.00 bits per heavy atom. The van der Waals surface area contributed by atoms with Crippen molar-refractivity contribution in [1.29, 1.82) is 0 Å². The molecule has 1 unspecified atom stereocenters. The number of benzene rings is 2. The number of nitrogens with one attached hydrogen (secondary N) is 2. The zero-order chi connectivity index (χ0) is 18.9. The van der Waals surface area contributed by atoms with E-state index in [0.29, 0.717) is 12.1 Å². The molecule has 0 aliphatic carbocycles. The molecule has 6 heteroatoms. The minimum Gasteiger partial charge on any atom is -0.447 e. The highest BCUT2D eigenvalue weighted by Crippen LogP contribution is 2.19. The predicted molar refractivity (Wildman–Crippen MR) is 97.4 cm³/mol. The lowest BCUT2D eigenvalue weighted by atomic mass is 10.1. The molecule has 0 aliphatic rings. The van der Waals surface area contributed by atoms with E-state index in [9.17, 15) is 14.4 Å². The standard InChI is InChI=1S/C20H22N2O4/c1-3-21-20(25)22-19(24)18(15-10-5-4-6-11-15)26-17(23)13-16-12-8-7-9-14(16)2/h4-12,18H,3,13H2,1-2H3,(H2,21,22,24,25). The molecule has 26 heavy (non-hydrogen) atoms. The average Bonchev–Trinajstić information content (AvgIpc) is 2.62. The van der Waals surface area contributed by atoms with Crippen molar-refractivity contribution in [3.05, 3.63) is 71.3 Å². The Bertz CT molecular complexity index is 774. The second-order valence-electron chi connectivity index (χ2n) is 5.73. The molecule has 0 aromatic heterocycles. The molecule has 0 bridgehead atoms. The second-order valence-corrected chi connectivity index (χ2v) is 5.73. The lowest BCUT2D eigenvalue weighted by Gasteiger charge is -2.18. The fourth-order valence-electron chi connectivity index (χ4n) is 2.42. The molecule has 0 fully saturated rings. The van der Waals surface area contributed by atoms with Crippen LogP contribution in [0.1, 0.15) is 29.7 Å². The van der Waals surface area contributed by atoms with E-state index in [1.807, 2.05) is 31.2 Å². The van der Waals surface area contributed by atoms with Crippen LogP contribution in [0, 0.1) is 6.92 Å². The Labute approximate surface area is 152 Å². The van der Waals surface area contributed by atoms with E-state index in [-0.39, 0.29) is 6.42 Å². The Morgan fingerprint density at radius 2 is 1.65 bits per heavy atom. The summed E-state index contributed by atoms with van der Waals surface area (Å²) < 4.78 is 5.41. The van der Waals surface area contributed by atoms with Gasteiger partial charge in [0, 0.05) is 12.1 Å². The predicted octanol–water partition coefficient (Wildman–Crippen LogP) is 2.67. The van der Waals surface area contributed by atoms with Crippen LogP contribution in [0.15, 0.2) is 54.6 Å².